The Bertz CT molecular complexity index is 525. The van der Waals surface area contributed by atoms with Crippen LogP contribution < -0.4 is 5.73 Å². The summed E-state index contributed by atoms with van der Waals surface area (Å²) in [6.07, 6.45) is 1.70. The van der Waals surface area contributed by atoms with Crippen LogP contribution in [0.2, 0.25) is 0 Å². The molecule has 1 aromatic rings. The van der Waals surface area contributed by atoms with Crippen molar-refractivity contribution >= 4 is 6.09 Å². The number of nitrogens with two attached hydrogens (primary N) is 1. The second-order valence-electron chi connectivity index (χ2n) is 6.68. The molecule has 130 valence electrons. The predicted molar refractivity (Wildman–Crippen MR) is 84.9 cm³/mol. The highest BCUT2D eigenvalue weighted by atomic mass is 16.6. The van der Waals surface area contributed by atoms with Crippen molar-refractivity contribution in [2.45, 2.75) is 58.3 Å². The Hall–Kier alpha value is -1.67. The molecule has 1 aliphatic heterocycles. The summed E-state index contributed by atoms with van der Waals surface area (Å²) in [6, 6.07) is -0.530. The van der Waals surface area contributed by atoms with Crippen LogP contribution in [0.1, 0.15) is 33.5 Å². The summed E-state index contributed by atoms with van der Waals surface area (Å²) in [4.78, 5) is 18.3. The van der Waals surface area contributed by atoms with E-state index in [9.17, 15) is 4.79 Å². The van der Waals surface area contributed by atoms with Gasteiger partial charge in [-0.1, -0.05) is 0 Å². The molecule has 0 aliphatic carbocycles. The van der Waals surface area contributed by atoms with Crippen LogP contribution in [0.3, 0.4) is 0 Å². The fourth-order valence-corrected chi connectivity index (χ4v) is 2.58. The van der Waals surface area contributed by atoms with Gasteiger partial charge in [0.05, 0.1) is 19.3 Å². The molecule has 2 atom stereocenters. The van der Waals surface area contributed by atoms with Crippen molar-refractivity contribution in [3.8, 4) is 0 Å². The van der Waals surface area contributed by atoms with E-state index in [1.165, 1.54) is 6.33 Å². The standard InChI is InChI=1S/C15H27N5O3/c1-5-20-13(17-10-18-20)8-11(16)12-9-22-7-6-19(12)14(21)23-15(2,3)4/h10-12H,5-9,16H2,1-4H3. The second-order valence-corrected chi connectivity index (χ2v) is 6.68. The molecule has 8 heteroatoms. The average Bonchev–Trinajstić information content (AvgIpc) is 2.92. The first-order chi connectivity index (χ1) is 10.8. The van der Waals surface area contributed by atoms with Crippen LogP contribution in [0, 0.1) is 0 Å². The zero-order valence-electron chi connectivity index (χ0n) is 14.4. The van der Waals surface area contributed by atoms with Crippen molar-refractivity contribution in [2.75, 3.05) is 19.8 Å². The number of hydrogen-bond acceptors (Lipinski definition) is 6. The zero-order valence-corrected chi connectivity index (χ0v) is 14.4. The molecule has 1 aromatic heterocycles. The Kier molecular flexibility index (Phi) is 5.59. The van der Waals surface area contributed by atoms with Crippen LogP contribution in [0.25, 0.3) is 0 Å². The number of carbonyl (C=O) groups excluding carboxylic acids is 1. The van der Waals surface area contributed by atoms with Gasteiger partial charge >= 0.3 is 6.09 Å². The molecule has 0 spiro atoms. The first-order valence-electron chi connectivity index (χ1n) is 8.01. The number of aryl methyl sites for hydroxylation is 1. The minimum atomic E-state index is -0.535. The van der Waals surface area contributed by atoms with E-state index in [0.29, 0.717) is 26.2 Å². The first-order valence-corrected chi connectivity index (χ1v) is 8.01. The van der Waals surface area contributed by atoms with Crippen LogP contribution in [0.5, 0.6) is 0 Å². The van der Waals surface area contributed by atoms with Crippen molar-refractivity contribution in [3.63, 3.8) is 0 Å². The van der Waals surface area contributed by atoms with Crippen LogP contribution in [-0.4, -0.2) is 63.2 Å². The van der Waals surface area contributed by atoms with E-state index < -0.39 is 5.60 Å². The fraction of sp³-hybridized carbons (Fsp3) is 0.800. The lowest BCUT2D eigenvalue weighted by Gasteiger charge is -2.39. The largest absolute Gasteiger partial charge is 0.444 e. The summed E-state index contributed by atoms with van der Waals surface area (Å²) in [6.45, 7) is 9.67. The van der Waals surface area contributed by atoms with Crippen molar-refractivity contribution in [3.05, 3.63) is 12.2 Å². The minimum Gasteiger partial charge on any atom is -0.444 e. The minimum absolute atomic E-state index is 0.236. The SMILES string of the molecule is CCn1ncnc1CC(N)C1COCCN1C(=O)OC(C)(C)C. The molecule has 0 radical (unpaired) electrons. The zero-order chi connectivity index (χ0) is 17.0. The number of ether oxygens (including phenoxy) is 2. The number of rotatable bonds is 4. The molecule has 2 rings (SSSR count). The Balaban J connectivity index is 2.06. The second kappa shape index (κ2) is 7.27. The quantitative estimate of drug-likeness (QED) is 0.880. The molecular weight excluding hydrogens is 298 g/mol. The molecule has 2 unspecified atom stereocenters. The third-order valence-corrected chi connectivity index (χ3v) is 3.70. The average molecular weight is 325 g/mol. The van der Waals surface area contributed by atoms with Gasteiger partial charge in [-0.3, -0.25) is 9.58 Å². The molecule has 0 saturated carbocycles. The predicted octanol–water partition coefficient (Wildman–Crippen LogP) is 0.804. The number of carbonyl (C=O) groups is 1. The monoisotopic (exact) mass is 325 g/mol. The molecule has 1 saturated heterocycles. The molecule has 1 aliphatic rings. The number of aromatic nitrogens is 3. The van der Waals surface area contributed by atoms with Crippen molar-refractivity contribution < 1.29 is 14.3 Å². The van der Waals surface area contributed by atoms with Crippen LogP contribution in [0.15, 0.2) is 6.33 Å². The van der Waals surface area contributed by atoms with E-state index >= 15 is 0 Å². The van der Waals surface area contributed by atoms with E-state index in [-0.39, 0.29) is 18.2 Å². The summed E-state index contributed by atoms with van der Waals surface area (Å²) >= 11 is 0. The lowest BCUT2D eigenvalue weighted by atomic mass is 10.0. The maximum absolute atomic E-state index is 12.4. The summed E-state index contributed by atoms with van der Waals surface area (Å²) in [7, 11) is 0. The third kappa shape index (κ3) is 4.65. The number of nitrogens with zero attached hydrogens (tertiary/aromatic N) is 4. The topological polar surface area (TPSA) is 95.5 Å². The van der Waals surface area contributed by atoms with Gasteiger partial charge in [0.25, 0.3) is 0 Å². The van der Waals surface area contributed by atoms with Gasteiger partial charge in [0.2, 0.25) is 0 Å². The summed E-state index contributed by atoms with van der Waals surface area (Å²) in [5, 5.41) is 4.15. The van der Waals surface area contributed by atoms with Crippen LogP contribution >= 0.6 is 0 Å². The normalized spacial score (nSPS) is 20.4. The summed E-state index contributed by atoms with van der Waals surface area (Å²) in [5.74, 6) is 0.815. The number of hydrogen-bond donors (Lipinski definition) is 1. The molecule has 0 aromatic carbocycles. The van der Waals surface area contributed by atoms with Crippen LogP contribution in [-0.2, 0) is 22.4 Å². The lowest BCUT2D eigenvalue weighted by Crippen LogP contribution is -2.58. The van der Waals surface area contributed by atoms with E-state index in [4.69, 9.17) is 15.2 Å². The molecular formula is C15H27N5O3. The van der Waals surface area contributed by atoms with E-state index in [0.717, 1.165) is 12.4 Å². The van der Waals surface area contributed by atoms with Crippen molar-refractivity contribution in [2.24, 2.45) is 5.73 Å². The van der Waals surface area contributed by atoms with Gasteiger partial charge in [0, 0.05) is 25.6 Å². The van der Waals surface area contributed by atoms with Crippen molar-refractivity contribution in [1.82, 2.24) is 19.7 Å². The molecule has 2 heterocycles. The van der Waals surface area contributed by atoms with Gasteiger partial charge in [-0.15, -0.1) is 0 Å². The molecule has 2 N–H and O–H groups in total. The van der Waals surface area contributed by atoms with Gasteiger partial charge in [0.1, 0.15) is 17.8 Å². The van der Waals surface area contributed by atoms with Gasteiger partial charge in [-0.05, 0) is 27.7 Å². The summed E-state index contributed by atoms with van der Waals surface area (Å²) < 4.78 is 12.8. The number of morpholine rings is 1. The molecule has 1 fully saturated rings. The highest BCUT2D eigenvalue weighted by Crippen LogP contribution is 2.17. The maximum atomic E-state index is 12.4. The number of amides is 1. The summed E-state index contributed by atoms with van der Waals surface area (Å²) in [5.41, 5.74) is 5.81. The fourth-order valence-electron chi connectivity index (χ4n) is 2.58. The molecule has 8 nitrogen and oxygen atoms in total. The Morgan fingerprint density at radius 3 is 2.96 bits per heavy atom. The van der Waals surface area contributed by atoms with Gasteiger partial charge < -0.3 is 15.2 Å². The third-order valence-electron chi connectivity index (χ3n) is 3.70. The lowest BCUT2D eigenvalue weighted by molar-refractivity contribution is -0.0380. The molecule has 23 heavy (non-hydrogen) atoms. The maximum Gasteiger partial charge on any atom is 0.410 e. The molecule has 0 bridgehead atoms. The van der Waals surface area contributed by atoms with Crippen LogP contribution in [0.4, 0.5) is 4.79 Å². The Morgan fingerprint density at radius 2 is 2.30 bits per heavy atom. The van der Waals surface area contributed by atoms with E-state index in [1.807, 2.05) is 27.7 Å². The van der Waals surface area contributed by atoms with Gasteiger partial charge in [0.15, 0.2) is 0 Å². The van der Waals surface area contributed by atoms with E-state index in [1.54, 1.807) is 9.58 Å². The molecule has 1 amide bonds. The van der Waals surface area contributed by atoms with Crippen molar-refractivity contribution in [1.29, 1.82) is 0 Å². The van der Waals surface area contributed by atoms with Gasteiger partial charge in [-0.2, -0.15) is 5.10 Å². The van der Waals surface area contributed by atoms with E-state index in [2.05, 4.69) is 10.1 Å². The smallest absolute Gasteiger partial charge is 0.410 e. The first kappa shape index (κ1) is 17.7. The highest BCUT2D eigenvalue weighted by Gasteiger charge is 2.35. The van der Waals surface area contributed by atoms with Gasteiger partial charge in [-0.25, -0.2) is 9.78 Å². The Morgan fingerprint density at radius 1 is 1.57 bits per heavy atom. The highest BCUT2D eigenvalue weighted by molar-refractivity contribution is 5.68. The Labute approximate surface area is 136 Å².